The summed E-state index contributed by atoms with van der Waals surface area (Å²) in [6.07, 6.45) is 1.21. The van der Waals surface area contributed by atoms with Gasteiger partial charge in [-0.2, -0.15) is 0 Å². The van der Waals surface area contributed by atoms with Gasteiger partial charge in [-0.25, -0.2) is 0 Å². The lowest BCUT2D eigenvalue weighted by Gasteiger charge is -2.14. The zero-order valence-corrected chi connectivity index (χ0v) is 10.0. The average molecular weight is 255 g/mol. The van der Waals surface area contributed by atoms with Crippen LogP contribution < -0.4 is 0 Å². The van der Waals surface area contributed by atoms with Gasteiger partial charge in [0.2, 0.25) is 0 Å². The normalized spacial score (nSPS) is 9.89. The van der Waals surface area contributed by atoms with Crippen LogP contribution in [0.1, 0.15) is 16.9 Å². The number of H-pyrrole nitrogens is 1. The SMILES string of the molecule is COC(=O)CCN(C)C(=O)c1cc([N+](=O)[O-])c[nH]1. The number of ether oxygens (including phenoxy) is 1. The van der Waals surface area contributed by atoms with E-state index >= 15 is 0 Å². The lowest BCUT2D eigenvalue weighted by atomic mass is 10.3. The van der Waals surface area contributed by atoms with E-state index in [9.17, 15) is 19.7 Å². The first kappa shape index (κ1) is 13.7. The maximum Gasteiger partial charge on any atom is 0.307 e. The maximum atomic E-state index is 11.8. The van der Waals surface area contributed by atoms with Crippen LogP contribution in [0, 0.1) is 10.1 Å². The molecule has 0 radical (unpaired) electrons. The third-order valence-corrected chi connectivity index (χ3v) is 2.33. The van der Waals surface area contributed by atoms with E-state index in [1.807, 2.05) is 0 Å². The molecule has 0 aliphatic rings. The lowest BCUT2D eigenvalue weighted by molar-refractivity contribution is -0.384. The molecule has 1 aromatic rings. The highest BCUT2D eigenvalue weighted by molar-refractivity contribution is 5.93. The van der Waals surface area contributed by atoms with Crippen LogP contribution in [-0.4, -0.2) is 47.4 Å². The molecule has 98 valence electrons. The van der Waals surface area contributed by atoms with Crippen molar-refractivity contribution in [2.45, 2.75) is 6.42 Å². The van der Waals surface area contributed by atoms with E-state index in [1.54, 1.807) is 0 Å². The van der Waals surface area contributed by atoms with Crippen molar-refractivity contribution in [2.75, 3.05) is 20.7 Å². The van der Waals surface area contributed by atoms with Crippen molar-refractivity contribution in [1.82, 2.24) is 9.88 Å². The maximum absolute atomic E-state index is 11.8. The molecule has 0 unspecified atom stereocenters. The molecule has 1 amide bonds. The Morgan fingerprint density at radius 3 is 2.72 bits per heavy atom. The first-order valence-electron chi connectivity index (χ1n) is 5.10. The van der Waals surface area contributed by atoms with E-state index in [0.29, 0.717) is 0 Å². The summed E-state index contributed by atoms with van der Waals surface area (Å²) in [4.78, 5) is 36.4. The second-order valence-electron chi connectivity index (χ2n) is 3.58. The van der Waals surface area contributed by atoms with Crippen LogP contribution >= 0.6 is 0 Å². The number of amides is 1. The van der Waals surface area contributed by atoms with Crippen molar-refractivity contribution >= 4 is 17.6 Å². The van der Waals surface area contributed by atoms with Gasteiger partial charge in [-0.3, -0.25) is 19.7 Å². The average Bonchev–Trinajstić information content (AvgIpc) is 2.84. The van der Waals surface area contributed by atoms with Crippen LogP contribution in [0.15, 0.2) is 12.3 Å². The number of aromatic amines is 1. The largest absolute Gasteiger partial charge is 0.469 e. The number of methoxy groups -OCH3 is 1. The molecule has 0 fully saturated rings. The van der Waals surface area contributed by atoms with Gasteiger partial charge in [0.05, 0.1) is 24.7 Å². The third-order valence-electron chi connectivity index (χ3n) is 2.33. The predicted octanol–water partition coefficient (Wildman–Crippen LogP) is 0.558. The lowest BCUT2D eigenvalue weighted by Crippen LogP contribution is -2.29. The molecule has 8 nitrogen and oxygen atoms in total. The molecule has 8 heteroatoms. The first-order chi connectivity index (χ1) is 8.45. The van der Waals surface area contributed by atoms with Crippen molar-refractivity contribution in [3.8, 4) is 0 Å². The first-order valence-corrected chi connectivity index (χ1v) is 5.10. The van der Waals surface area contributed by atoms with Crippen LogP contribution in [0.4, 0.5) is 5.69 Å². The molecule has 0 atom stereocenters. The second-order valence-corrected chi connectivity index (χ2v) is 3.58. The predicted molar refractivity (Wildman–Crippen MR) is 61.0 cm³/mol. The van der Waals surface area contributed by atoms with E-state index in [2.05, 4.69) is 9.72 Å². The standard InChI is InChI=1S/C10H13N3O5/c1-12(4-3-9(14)18-2)10(15)8-5-7(6-11-8)13(16)17/h5-6,11H,3-4H2,1-2H3. The highest BCUT2D eigenvalue weighted by Gasteiger charge is 2.18. The molecule has 1 aromatic heterocycles. The van der Waals surface area contributed by atoms with Gasteiger partial charge in [-0.05, 0) is 0 Å². The van der Waals surface area contributed by atoms with Gasteiger partial charge < -0.3 is 14.6 Å². The van der Waals surface area contributed by atoms with E-state index in [-0.39, 0.29) is 24.3 Å². The summed E-state index contributed by atoms with van der Waals surface area (Å²) in [5.41, 5.74) is -0.0752. The van der Waals surface area contributed by atoms with E-state index in [0.717, 1.165) is 12.3 Å². The Bertz CT molecular complexity index is 468. The van der Waals surface area contributed by atoms with Crippen LogP contribution in [0.3, 0.4) is 0 Å². The van der Waals surface area contributed by atoms with Crippen molar-refractivity contribution in [1.29, 1.82) is 0 Å². The van der Waals surface area contributed by atoms with E-state index < -0.39 is 16.8 Å². The number of hydrogen-bond acceptors (Lipinski definition) is 5. The summed E-state index contributed by atoms with van der Waals surface area (Å²) >= 11 is 0. The quantitative estimate of drug-likeness (QED) is 0.470. The molecule has 18 heavy (non-hydrogen) atoms. The van der Waals surface area contributed by atoms with Gasteiger partial charge in [0.15, 0.2) is 0 Å². The molecule has 0 saturated heterocycles. The Kier molecular flexibility index (Phi) is 4.41. The number of esters is 1. The summed E-state index contributed by atoms with van der Waals surface area (Å²) in [5, 5.41) is 10.5. The molecule has 0 spiro atoms. The highest BCUT2D eigenvalue weighted by atomic mass is 16.6. The number of carbonyl (C=O) groups excluding carboxylic acids is 2. The zero-order valence-electron chi connectivity index (χ0n) is 10.0. The fourth-order valence-corrected chi connectivity index (χ4v) is 1.28. The second kappa shape index (κ2) is 5.80. The van der Waals surface area contributed by atoms with Crippen molar-refractivity contribution < 1.29 is 19.2 Å². The fraction of sp³-hybridized carbons (Fsp3) is 0.400. The van der Waals surface area contributed by atoms with Gasteiger partial charge in [0.1, 0.15) is 5.69 Å². The molecule has 1 N–H and O–H groups in total. The number of rotatable bonds is 5. The number of hydrogen-bond donors (Lipinski definition) is 1. The summed E-state index contributed by atoms with van der Waals surface area (Å²) in [7, 11) is 2.76. The zero-order chi connectivity index (χ0) is 13.7. The van der Waals surface area contributed by atoms with E-state index in [4.69, 9.17) is 0 Å². The molecule has 1 heterocycles. The summed E-state index contributed by atoms with van der Waals surface area (Å²) in [5.74, 6) is -0.848. The number of nitro groups is 1. The Morgan fingerprint density at radius 2 is 2.22 bits per heavy atom. The number of aromatic nitrogens is 1. The van der Waals surface area contributed by atoms with Gasteiger partial charge in [0.25, 0.3) is 11.6 Å². The Labute approximate surface area is 103 Å². The van der Waals surface area contributed by atoms with Crippen LogP contribution in [-0.2, 0) is 9.53 Å². The summed E-state index contributed by atoms with van der Waals surface area (Å²) in [6, 6.07) is 1.15. The Morgan fingerprint density at radius 1 is 1.56 bits per heavy atom. The highest BCUT2D eigenvalue weighted by Crippen LogP contribution is 2.13. The van der Waals surface area contributed by atoms with Gasteiger partial charge in [-0.15, -0.1) is 0 Å². The molecule has 0 saturated carbocycles. The molecule has 1 rings (SSSR count). The molecule has 0 aromatic carbocycles. The summed E-state index contributed by atoms with van der Waals surface area (Å²) < 4.78 is 4.45. The molecule has 0 aliphatic heterocycles. The van der Waals surface area contributed by atoms with Crippen LogP contribution in [0.2, 0.25) is 0 Å². The molecular weight excluding hydrogens is 242 g/mol. The molecule has 0 aliphatic carbocycles. The van der Waals surface area contributed by atoms with E-state index in [1.165, 1.54) is 19.1 Å². The smallest absolute Gasteiger partial charge is 0.307 e. The minimum atomic E-state index is -0.596. The minimum absolute atomic E-state index is 0.0710. The van der Waals surface area contributed by atoms with Crippen LogP contribution in [0.5, 0.6) is 0 Å². The van der Waals surface area contributed by atoms with Crippen molar-refractivity contribution in [2.24, 2.45) is 0 Å². The monoisotopic (exact) mass is 255 g/mol. The number of carbonyl (C=O) groups is 2. The van der Waals surface area contributed by atoms with Crippen molar-refractivity contribution in [3.63, 3.8) is 0 Å². The number of nitrogens with zero attached hydrogens (tertiary/aromatic N) is 2. The summed E-state index contributed by atoms with van der Waals surface area (Å²) in [6.45, 7) is 0.179. The van der Waals surface area contributed by atoms with Gasteiger partial charge in [0, 0.05) is 19.7 Å². The van der Waals surface area contributed by atoms with Crippen molar-refractivity contribution in [3.05, 3.63) is 28.1 Å². The molecular formula is C10H13N3O5. The van der Waals surface area contributed by atoms with Crippen LogP contribution in [0.25, 0.3) is 0 Å². The third kappa shape index (κ3) is 3.30. The van der Waals surface area contributed by atoms with Gasteiger partial charge >= 0.3 is 5.97 Å². The minimum Gasteiger partial charge on any atom is -0.469 e. The molecule has 0 bridgehead atoms. The number of nitrogens with one attached hydrogen (secondary N) is 1. The fourth-order valence-electron chi connectivity index (χ4n) is 1.28. The topological polar surface area (TPSA) is 106 Å². The van der Waals surface area contributed by atoms with Gasteiger partial charge in [-0.1, -0.05) is 0 Å². The Hall–Kier alpha value is -2.38. The Balaban J connectivity index is 2.62.